The Morgan fingerprint density at radius 2 is 2.15 bits per heavy atom. The van der Waals surface area contributed by atoms with Gasteiger partial charge in [0, 0.05) is 0 Å². The summed E-state index contributed by atoms with van der Waals surface area (Å²) >= 11 is 0. The topological polar surface area (TPSA) is 86.2 Å². The summed E-state index contributed by atoms with van der Waals surface area (Å²) in [5.41, 5.74) is 5.11. The van der Waals surface area contributed by atoms with E-state index >= 15 is 0 Å². The van der Waals surface area contributed by atoms with Crippen LogP contribution >= 0.6 is 0 Å². The minimum absolute atomic E-state index is 0.0118. The molecule has 0 fully saturated rings. The van der Waals surface area contributed by atoms with Crippen molar-refractivity contribution in [2.75, 3.05) is 5.73 Å². The molecule has 0 radical (unpaired) electrons. The predicted octanol–water partition coefficient (Wildman–Crippen LogP) is 1.38. The van der Waals surface area contributed by atoms with Crippen LogP contribution in [0.1, 0.15) is 17.3 Å². The van der Waals surface area contributed by atoms with E-state index in [0.717, 1.165) is 0 Å². The Morgan fingerprint density at radius 3 is 2.54 bits per heavy atom. The lowest BCUT2D eigenvalue weighted by atomic mass is 10.1. The summed E-state index contributed by atoms with van der Waals surface area (Å²) in [6.07, 6.45) is 0. The van der Waals surface area contributed by atoms with Crippen molar-refractivity contribution in [3.8, 4) is 0 Å². The Balaban J connectivity index is 3.43. The fraction of sp³-hybridized carbons (Fsp3) is 0.125. The van der Waals surface area contributed by atoms with Gasteiger partial charge < -0.3 is 5.73 Å². The number of ketones is 1. The first kappa shape index (κ1) is 9.18. The van der Waals surface area contributed by atoms with E-state index in [1.807, 2.05) is 0 Å². The molecule has 0 saturated carbocycles. The van der Waals surface area contributed by atoms with Crippen LogP contribution in [0.2, 0.25) is 0 Å². The SMILES string of the molecule is CC(=O)c1cccc(N)c1[N+](=O)[O-]. The average Bonchev–Trinajstić information content (AvgIpc) is 2.02. The first-order valence-corrected chi connectivity index (χ1v) is 3.58. The zero-order valence-electron chi connectivity index (χ0n) is 6.98. The van der Waals surface area contributed by atoms with Gasteiger partial charge in [0.05, 0.1) is 10.5 Å². The van der Waals surface area contributed by atoms with Crippen molar-refractivity contribution in [3.63, 3.8) is 0 Å². The maximum absolute atomic E-state index is 11.0. The molecule has 0 saturated heterocycles. The Hall–Kier alpha value is -1.91. The zero-order valence-corrected chi connectivity index (χ0v) is 6.98. The average molecular weight is 180 g/mol. The van der Waals surface area contributed by atoms with Crippen LogP contribution in [0.15, 0.2) is 18.2 Å². The fourth-order valence-electron chi connectivity index (χ4n) is 1.05. The molecule has 0 aromatic heterocycles. The van der Waals surface area contributed by atoms with E-state index in [1.165, 1.54) is 25.1 Å². The number of nitrogens with two attached hydrogens (primary N) is 1. The summed E-state index contributed by atoms with van der Waals surface area (Å²) in [7, 11) is 0. The molecule has 2 N–H and O–H groups in total. The van der Waals surface area contributed by atoms with Crippen LogP contribution in [0.25, 0.3) is 0 Å². The maximum atomic E-state index is 11.0. The Labute approximate surface area is 74.3 Å². The van der Waals surface area contributed by atoms with Gasteiger partial charge >= 0.3 is 5.69 Å². The van der Waals surface area contributed by atoms with Crippen LogP contribution in [0.5, 0.6) is 0 Å². The van der Waals surface area contributed by atoms with Crippen molar-refractivity contribution in [1.82, 2.24) is 0 Å². The molecular weight excluding hydrogens is 172 g/mol. The second-order valence-corrected chi connectivity index (χ2v) is 2.56. The lowest BCUT2D eigenvalue weighted by Gasteiger charge is -2.00. The molecule has 1 aromatic rings. The summed E-state index contributed by atoms with van der Waals surface area (Å²) in [5, 5.41) is 10.5. The first-order valence-electron chi connectivity index (χ1n) is 3.58. The third-order valence-corrected chi connectivity index (χ3v) is 1.63. The molecule has 5 heteroatoms. The van der Waals surface area contributed by atoms with E-state index in [9.17, 15) is 14.9 Å². The molecule has 13 heavy (non-hydrogen) atoms. The second-order valence-electron chi connectivity index (χ2n) is 2.56. The van der Waals surface area contributed by atoms with Gasteiger partial charge in [-0.1, -0.05) is 6.07 Å². The summed E-state index contributed by atoms with van der Waals surface area (Å²) in [6.45, 7) is 1.27. The molecule has 0 aliphatic heterocycles. The molecule has 1 rings (SSSR count). The number of nitrogen functional groups attached to an aromatic ring is 1. The highest BCUT2D eigenvalue weighted by Crippen LogP contribution is 2.25. The Bertz CT molecular complexity index is 374. The zero-order chi connectivity index (χ0) is 10.0. The Morgan fingerprint density at radius 1 is 1.54 bits per heavy atom. The van der Waals surface area contributed by atoms with Gasteiger partial charge in [0.15, 0.2) is 5.78 Å². The maximum Gasteiger partial charge on any atom is 0.302 e. The number of nitrogens with zero attached hydrogens (tertiary/aromatic N) is 1. The van der Waals surface area contributed by atoms with Gasteiger partial charge in [0.2, 0.25) is 0 Å². The van der Waals surface area contributed by atoms with Crippen molar-refractivity contribution in [2.24, 2.45) is 0 Å². The highest BCUT2D eigenvalue weighted by Gasteiger charge is 2.19. The van der Waals surface area contributed by atoms with Crippen LogP contribution in [-0.4, -0.2) is 10.7 Å². The van der Waals surface area contributed by atoms with Gasteiger partial charge in [-0.05, 0) is 19.1 Å². The number of rotatable bonds is 2. The van der Waals surface area contributed by atoms with E-state index in [0.29, 0.717) is 0 Å². The number of nitro benzene ring substituents is 1. The number of para-hydroxylation sites is 1. The van der Waals surface area contributed by atoms with Crippen LogP contribution in [0.3, 0.4) is 0 Å². The monoisotopic (exact) mass is 180 g/mol. The highest BCUT2D eigenvalue weighted by molar-refractivity contribution is 6.00. The first-order chi connectivity index (χ1) is 6.04. The molecule has 0 atom stereocenters. The molecule has 0 amide bonds. The van der Waals surface area contributed by atoms with Crippen molar-refractivity contribution >= 4 is 17.2 Å². The number of benzene rings is 1. The molecule has 0 spiro atoms. The quantitative estimate of drug-likeness (QED) is 0.322. The van der Waals surface area contributed by atoms with Crippen molar-refractivity contribution in [1.29, 1.82) is 0 Å². The molecule has 0 aliphatic carbocycles. The third kappa shape index (κ3) is 1.64. The van der Waals surface area contributed by atoms with Crippen molar-refractivity contribution in [2.45, 2.75) is 6.92 Å². The van der Waals surface area contributed by atoms with Crippen molar-refractivity contribution in [3.05, 3.63) is 33.9 Å². The van der Waals surface area contributed by atoms with Crippen LogP contribution in [-0.2, 0) is 0 Å². The van der Waals surface area contributed by atoms with Gasteiger partial charge in [-0.15, -0.1) is 0 Å². The normalized spacial score (nSPS) is 9.62. The molecule has 5 nitrogen and oxygen atoms in total. The summed E-state index contributed by atoms with van der Waals surface area (Å²) in [5.74, 6) is -0.362. The Kier molecular flexibility index (Phi) is 2.27. The standard InChI is InChI=1S/C8H8N2O3/c1-5(11)6-3-2-4-7(9)8(6)10(12)13/h2-4H,9H2,1H3. The number of carbonyl (C=O) groups is 1. The molecule has 0 unspecified atom stereocenters. The van der Waals surface area contributed by atoms with Gasteiger partial charge in [-0.2, -0.15) is 0 Å². The number of Topliss-reactive ketones (excluding diaryl/α,β-unsaturated/α-hetero) is 1. The van der Waals surface area contributed by atoms with E-state index < -0.39 is 4.92 Å². The van der Waals surface area contributed by atoms with E-state index in [1.54, 1.807) is 0 Å². The van der Waals surface area contributed by atoms with E-state index in [-0.39, 0.29) is 22.7 Å². The van der Waals surface area contributed by atoms with Gasteiger partial charge in [0.1, 0.15) is 5.69 Å². The largest absolute Gasteiger partial charge is 0.393 e. The number of anilines is 1. The minimum atomic E-state index is -0.647. The van der Waals surface area contributed by atoms with E-state index in [4.69, 9.17) is 5.73 Å². The lowest BCUT2D eigenvalue weighted by molar-refractivity contribution is -0.384. The highest BCUT2D eigenvalue weighted by atomic mass is 16.6. The van der Waals surface area contributed by atoms with Gasteiger partial charge in [-0.3, -0.25) is 14.9 Å². The summed E-state index contributed by atoms with van der Waals surface area (Å²) in [4.78, 5) is 20.8. The third-order valence-electron chi connectivity index (χ3n) is 1.63. The van der Waals surface area contributed by atoms with E-state index in [2.05, 4.69) is 0 Å². The van der Waals surface area contributed by atoms with Crippen LogP contribution < -0.4 is 5.73 Å². The number of hydrogen-bond donors (Lipinski definition) is 1. The van der Waals surface area contributed by atoms with Gasteiger partial charge in [-0.25, -0.2) is 0 Å². The molecular formula is C8H8N2O3. The minimum Gasteiger partial charge on any atom is -0.393 e. The molecule has 0 bridgehead atoms. The summed E-state index contributed by atoms with van der Waals surface area (Å²) in [6, 6.07) is 4.29. The smallest absolute Gasteiger partial charge is 0.302 e. The predicted molar refractivity (Wildman–Crippen MR) is 47.5 cm³/mol. The van der Waals surface area contributed by atoms with Crippen LogP contribution in [0.4, 0.5) is 11.4 Å². The lowest BCUT2D eigenvalue weighted by Crippen LogP contribution is -2.03. The molecule has 0 aliphatic rings. The fourth-order valence-corrected chi connectivity index (χ4v) is 1.05. The molecule has 1 aromatic carbocycles. The molecule has 0 heterocycles. The number of hydrogen-bond acceptors (Lipinski definition) is 4. The molecule has 68 valence electrons. The number of carbonyl (C=O) groups excluding carboxylic acids is 1. The van der Waals surface area contributed by atoms with Crippen molar-refractivity contribution < 1.29 is 9.72 Å². The number of nitro groups is 1. The van der Waals surface area contributed by atoms with Gasteiger partial charge in [0.25, 0.3) is 0 Å². The summed E-state index contributed by atoms with van der Waals surface area (Å²) < 4.78 is 0. The second kappa shape index (κ2) is 3.22. The van der Waals surface area contributed by atoms with Crippen LogP contribution in [0, 0.1) is 10.1 Å².